The minimum absolute atomic E-state index is 0.0193. The Labute approximate surface area is 128 Å². The van der Waals surface area contributed by atoms with Gasteiger partial charge in [-0.3, -0.25) is 0 Å². The molecule has 0 N–H and O–H groups in total. The van der Waals surface area contributed by atoms with Gasteiger partial charge in [-0.15, -0.1) is 0 Å². The van der Waals surface area contributed by atoms with Crippen LogP contribution in [-0.2, 0) is 13.8 Å². The van der Waals surface area contributed by atoms with Crippen molar-refractivity contribution in [1.82, 2.24) is 0 Å². The van der Waals surface area contributed by atoms with E-state index in [1.165, 1.54) is 6.92 Å². The number of ether oxygens (including phenoxy) is 1. The Bertz CT molecular complexity index is 626. The van der Waals surface area contributed by atoms with Crippen LogP contribution >= 0.6 is 10.7 Å². The minimum Gasteiger partial charge on any atom is -0.462 e. The van der Waals surface area contributed by atoms with Gasteiger partial charge in [-0.05, 0) is 43.4 Å². The molecule has 0 saturated heterocycles. The van der Waals surface area contributed by atoms with Gasteiger partial charge in [0, 0.05) is 10.7 Å². The van der Waals surface area contributed by atoms with Crippen molar-refractivity contribution >= 4 is 25.7 Å². The van der Waals surface area contributed by atoms with Gasteiger partial charge in [0.2, 0.25) is 0 Å². The third-order valence-electron chi connectivity index (χ3n) is 2.89. The number of aryl methyl sites for hydroxylation is 1. The van der Waals surface area contributed by atoms with E-state index in [-0.39, 0.29) is 17.1 Å². The maximum atomic E-state index is 13.9. The van der Waals surface area contributed by atoms with E-state index in [4.69, 9.17) is 15.4 Å². The minimum atomic E-state index is -4.04. The van der Waals surface area contributed by atoms with E-state index in [1.807, 2.05) is 13.8 Å². The van der Waals surface area contributed by atoms with E-state index in [0.29, 0.717) is 12.3 Å². The van der Waals surface area contributed by atoms with Gasteiger partial charge in [-0.25, -0.2) is 17.6 Å². The van der Waals surface area contributed by atoms with Gasteiger partial charge in [0.05, 0.1) is 17.1 Å². The lowest BCUT2D eigenvalue weighted by atomic mass is 10.1. The van der Waals surface area contributed by atoms with Crippen molar-refractivity contribution in [2.24, 2.45) is 5.92 Å². The Balaban J connectivity index is 2.91. The molecule has 0 spiro atoms. The molecule has 0 radical (unpaired) electrons. The van der Waals surface area contributed by atoms with Crippen molar-refractivity contribution in [2.45, 2.75) is 38.5 Å². The first-order valence-corrected chi connectivity index (χ1v) is 8.85. The first-order valence-electron chi connectivity index (χ1n) is 6.55. The van der Waals surface area contributed by atoms with Crippen molar-refractivity contribution in [2.75, 3.05) is 6.61 Å². The lowest BCUT2D eigenvalue weighted by Gasteiger charge is -2.09. The van der Waals surface area contributed by atoms with Crippen molar-refractivity contribution in [3.63, 3.8) is 0 Å². The molecule has 0 unspecified atom stereocenters. The molecule has 1 aromatic carbocycles. The van der Waals surface area contributed by atoms with Crippen LogP contribution in [0.25, 0.3) is 0 Å². The van der Waals surface area contributed by atoms with E-state index in [2.05, 4.69) is 0 Å². The fourth-order valence-electron chi connectivity index (χ4n) is 1.76. The second-order valence-corrected chi connectivity index (χ2v) is 7.78. The molecule has 118 valence electrons. The van der Waals surface area contributed by atoms with Crippen LogP contribution in [-0.4, -0.2) is 21.0 Å². The molecular formula is C14H18ClFO4S. The summed E-state index contributed by atoms with van der Waals surface area (Å²) in [6.07, 6.45) is 1.54. The molecule has 21 heavy (non-hydrogen) atoms. The maximum Gasteiger partial charge on any atom is 0.341 e. The Morgan fingerprint density at radius 1 is 1.38 bits per heavy atom. The fraction of sp³-hybridized carbons (Fsp3) is 0.500. The molecule has 1 rings (SSSR count). The number of esters is 1. The zero-order valence-corrected chi connectivity index (χ0v) is 13.7. The van der Waals surface area contributed by atoms with Crippen LogP contribution in [0.2, 0.25) is 0 Å². The molecule has 0 heterocycles. The number of halogens is 2. The molecule has 0 aliphatic heterocycles. The summed E-state index contributed by atoms with van der Waals surface area (Å²) in [5.74, 6) is -1.21. The second kappa shape index (κ2) is 7.22. The summed E-state index contributed by atoms with van der Waals surface area (Å²) >= 11 is 0. The van der Waals surface area contributed by atoms with Gasteiger partial charge in [0.25, 0.3) is 9.05 Å². The fourth-order valence-corrected chi connectivity index (χ4v) is 2.60. The third-order valence-corrected chi connectivity index (χ3v) is 4.22. The smallest absolute Gasteiger partial charge is 0.341 e. The Morgan fingerprint density at radius 2 is 2.00 bits per heavy atom. The molecule has 0 aromatic heterocycles. The molecule has 0 fully saturated rings. The van der Waals surface area contributed by atoms with Crippen molar-refractivity contribution in [3.8, 4) is 0 Å². The lowest BCUT2D eigenvalue weighted by molar-refractivity contribution is 0.0489. The Hall–Kier alpha value is -1.14. The highest BCUT2D eigenvalue weighted by atomic mass is 35.7. The first kappa shape index (κ1) is 17.9. The van der Waals surface area contributed by atoms with Gasteiger partial charge in [-0.1, -0.05) is 13.8 Å². The molecule has 1 aromatic rings. The lowest BCUT2D eigenvalue weighted by Crippen LogP contribution is -2.11. The molecule has 0 saturated carbocycles. The van der Waals surface area contributed by atoms with Gasteiger partial charge in [0.15, 0.2) is 0 Å². The number of hydrogen-bond donors (Lipinski definition) is 0. The number of carbonyl (C=O) groups is 1. The zero-order chi connectivity index (χ0) is 16.2. The monoisotopic (exact) mass is 336 g/mol. The van der Waals surface area contributed by atoms with Crippen molar-refractivity contribution in [3.05, 3.63) is 29.1 Å². The van der Waals surface area contributed by atoms with Gasteiger partial charge in [-0.2, -0.15) is 0 Å². The highest BCUT2D eigenvalue weighted by molar-refractivity contribution is 8.13. The van der Waals surface area contributed by atoms with Crippen LogP contribution in [0.5, 0.6) is 0 Å². The van der Waals surface area contributed by atoms with Crippen molar-refractivity contribution in [1.29, 1.82) is 0 Å². The van der Waals surface area contributed by atoms with E-state index < -0.39 is 26.4 Å². The maximum absolute atomic E-state index is 13.9. The Kier molecular flexibility index (Phi) is 6.16. The van der Waals surface area contributed by atoms with Crippen LogP contribution in [0, 0.1) is 18.7 Å². The molecule has 0 aliphatic rings. The van der Waals surface area contributed by atoms with E-state index in [0.717, 1.165) is 18.6 Å². The quantitative estimate of drug-likeness (QED) is 0.452. The predicted octanol–water partition coefficient (Wildman–Crippen LogP) is 3.65. The Morgan fingerprint density at radius 3 is 2.52 bits per heavy atom. The molecule has 0 aliphatic carbocycles. The topological polar surface area (TPSA) is 60.4 Å². The first-order chi connectivity index (χ1) is 9.62. The summed E-state index contributed by atoms with van der Waals surface area (Å²) in [7, 11) is 1.18. The summed E-state index contributed by atoms with van der Waals surface area (Å²) < 4.78 is 41.5. The summed E-state index contributed by atoms with van der Waals surface area (Å²) in [4.78, 5) is 11.5. The predicted molar refractivity (Wildman–Crippen MR) is 78.5 cm³/mol. The average molecular weight is 337 g/mol. The summed E-state index contributed by atoms with van der Waals surface area (Å²) in [5, 5.41) is 0. The SMILES string of the molecule is Cc1cc(S(=O)(=O)Cl)cc(C(=O)OCCCC(C)C)c1F. The molecule has 0 atom stereocenters. The molecule has 0 bridgehead atoms. The standard InChI is InChI=1S/C14H18ClFO4S/c1-9(2)5-4-6-20-14(17)12-8-11(21(15,18)19)7-10(3)13(12)16/h7-9H,4-6H2,1-3H3. The van der Waals surface area contributed by atoms with E-state index in [1.54, 1.807) is 0 Å². The average Bonchev–Trinajstić information content (AvgIpc) is 2.35. The van der Waals surface area contributed by atoms with Gasteiger partial charge in [0.1, 0.15) is 5.82 Å². The zero-order valence-electron chi connectivity index (χ0n) is 12.2. The number of rotatable bonds is 6. The normalized spacial score (nSPS) is 11.7. The number of carbonyl (C=O) groups excluding carboxylic acids is 1. The molecule has 0 amide bonds. The number of hydrogen-bond acceptors (Lipinski definition) is 4. The second-order valence-electron chi connectivity index (χ2n) is 5.21. The molecule has 7 heteroatoms. The van der Waals surface area contributed by atoms with Crippen LogP contribution in [0.4, 0.5) is 4.39 Å². The molecule has 4 nitrogen and oxygen atoms in total. The van der Waals surface area contributed by atoms with Gasteiger partial charge < -0.3 is 4.74 Å². The van der Waals surface area contributed by atoms with Gasteiger partial charge >= 0.3 is 5.97 Å². The summed E-state index contributed by atoms with van der Waals surface area (Å²) in [5.41, 5.74) is -0.398. The summed E-state index contributed by atoms with van der Waals surface area (Å²) in [6, 6.07) is 1.97. The largest absolute Gasteiger partial charge is 0.462 e. The third kappa shape index (κ3) is 5.28. The van der Waals surface area contributed by atoms with Crippen LogP contribution in [0.3, 0.4) is 0 Å². The van der Waals surface area contributed by atoms with E-state index in [9.17, 15) is 17.6 Å². The highest BCUT2D eigenvalue weighted by Gasteiger charge is 2.21. The molecular weight excluding hydrogens is 319 g/mol. The van der Waals surface area contributed by atoms with Crippen LogP contribution < -0.4 is 0 Å². The van der Waals surface area contributed by atoms with Crippen LogP contribution in [0.15, 0.2) is 17.0 Å². The highest BCUT2D eigenvalue weighted by Crippen LogP contribution is 2.22. The number of benzene rings is 1. The van der Waals surface area contributed by atoms with Crippen molar-refractivity contribution < 1.29 is 22.3 Å². The summed E-state index contributed by atoms with van der Waals surface area (Å²) in [6.45, 7) is 5.60. The van der Waals surface area contributed by atoms with E-state index >= 15 is 0 Å². The van der Waals surface area contributed by atoms with Crippen LogP contribution in [0.1, 0.15) is 42.6 Å².